The van der Waals surface area contributed by atoms with Crippen molar-refractivity contribution in [2.75, 3.05) is 24.3 Å². The molecule has 7 heteroatoms. The van der Waals surface area contributed by atoms with E-state index in [1.54, 1.807) is 32.7 Å². The SMILES string of the molecule is CCn1c(N)c(N(C)C(C)(C)CO)c(=O)[nH]c1=O. The Bertz CT molecular complexity index is 544. The fourth-order valence-electron chi connectivity index (χ4n) is 1.62. The number of nitrogens with two attached hydrogens (primary N) is 1. The summed E-state index contributed by atoms with van der Waals surface area (Å²) in [5, 5.41) is 9.33. The van der Waals surface area contributed by atoms with Gasteiger partial charge in [-0.15, -0.1) is 0 Å². The number of H-pyrrole nitrogens is 1. The minimum Gasteiger partial charge on any atom is -0.394 e. The standard InChI is InChI=1S/C11H20N4O3/c1-5-15-8(12)7(9(17)13-10(15)18)14(4)11(2,3)6-16/h16H,5-6,12H2,1-4H3,(H,13,17,18). The van der Waals surface area contributed by atoms with Crippen LogP contribution in [0.15, 0.2) is 9.59 Å². The van der Waals surface area contributed by atoms with E-state index in [4.69, 9.17) is 5.73 Å². The highest BCUT2D eigenvalue weighted by molar-refractivity contribution is 5.63. The predicted octanol–water partition coefficient (Wildman–Crippen LogP) is -0.654. The van der Waals surface area contributed by atoms with Gasteiger partial charge in [0.1, 0.15) is 11.5 Å². The highest BCUT2D eigenvalue weighted by Gasteiger charge is 2.27. The maximum absolute atomic E-state index is 11.9. The van der Waals surface area contributed by atoms with Crippen LogP contribution in [0.2, 0.25) is 0 Å². The molecule has 0 spiro atoms. The van der Waals surface area contributed by atoms with Crippen LogP contribution in [-0.2, 0) is 6.54 Å². The maximum Gasteiger partial charge on any atom is 0.330 e. The van der Waals surface area contributed by atoms with Gasteiger partial charge in [0.15, 0.2) is 0 Å². The molecule has 0 aliphatic carbocycles. The molecular weight excluding hydrogens is 236 g/mol. The molecule has 1 heterocycles. The molecular formula is C11H20N4O3. The van der Waals surface area contributed by atoms with Gasteiger partial charge in [-0.1, -0.05) is 0 Å². The van der Waals surface area contributed by atoms with Crippen molar-refractivity contribution in [3.8, 4) is 0 Å². The monoisotopic (exact) mass is 256 g/mol. The quantitative estimate of drug-likeness (QED) is 0.663. The second-order valence-electron chi connectivity index (χ2n) is 4.77. The van der Waals surface area contributed by atoms with Crippen molar-refractivity contribution in [2.45, 2.75) is 32.9 Å². The molecule has 0 radical (unpaired) electrons. The Morgan fingerprint density at radius 3 is 2.44 bits per heavy atom. The van der Waals surface area contributed by atoms with Crippen LogP contribution in [-0.4, -0.2) is 33.9 Å². The molecule has 0 fully saturated rings. The molecule has 1 aromatic rings. The van der Waals surface area contributed by atoms with E-state index < -0.39 is 16.8 Å². The van der Waals surface area contributed by atoms with Crippen LogP contribution in [0.5, 0.6) is 0 Å². The molecule has 18 heavy (non-hydrogen) atoms. The van der Waals surface area contributed by atoms with Crippen molar-refractivity contribution >= 4 is 11.5 Å². The van der Waals surface area contributed by atoms with Crippen LogP contribution < -0.4 is 21.9 Å². The third-order valence-electron chi connectivity index (χ3n) is 3.16. The van der Waals surface area contributed by atoms with E-state index >= 15 is 0 Å². The lowest BCUT2D eigenvalue weighted by Crippen LogP contribution is -2.48. The number of likely N-dealkylation sites (N-methyl/N-ethyl adjacent to an activating group) is 1. The summed E-state index contributed by atoms with van der Waals surface area (Å²) in [6.07, 6.45) is 0. The Morgan fingerprint density at radius 2 is 2.00 bits per heavy atom. The van der Waals surface area contributed by atoms with Gasteiger partial charge in [-0.3, -0.25) is 14.3 Å². The molecule has 0 atom stereocenters. The fraction of sp³-hybridized carbons (Fsp3) is 0.636. The van der Waals surface area contributed by atoms with Gasteiger partial charge in [-0.05, 0) is 20.8 Å². The van der Waals surface area contributed by atoms with Gasteiger partial charge >= 0.3 is 5.69 Å². The summed E-state index contributed by atoms with van der Waals surface area (Å²) in [7, 11) is 1.65. The lowest BCUT2D eigenvalue weighted by Gasteiger charge is -2.35. The predicted molar refractivity (Wildman–Crippen MR) is 71.0 cm³/mol. The van der Waals surface area contributed by atoms with E-state index in [1.807, 2.05) is 0 Å². The largest absolute Gasteiger partial charge is 0.394 e. The van der Waals surface area contributed by atoms with Gasteiger partial charge in [0.25, 0.3) is 5.56 Å². The first-order valence-corrected chi connectivity index (χ1v) is 5.73. The summed E-state index contributed by atoms with van der Waals surface area (Å²) in [6, 6.07) is 0. The second-order valence-corrected chi connectivity index (χ2v) is 4.77. The number of aliphatic hydroxyl groups is 1. The van der Waals surface area contributed by atoms with Crippen molar-refractivity contribution in [1.29, 1.82) is 0 Å². The molecule has 0 unspecified atom stereocenters. The highest BCUT2D eigenvalue weighted by atomic mass is 16.3. The Hall–Kier alpha value is -1.76. The first-order valence-electron chi connectivity index (χ1n) is 5.73. The molecule has 0 saturated carbocycles. The summed E-state index contributed by atoms with van der Waals surface area (Å²) in [5.41, 5.74) is 4.32. The highest BCUT2D eigenvalue weighted by Crippen LogP contribution is 2.22. The van der Waals surface area contributed by atoms with Gasteiger partial charge in [0, 0.05) is 13.6 Å². The lowest BCUT2D eigenvalue weighted by atomic mass is 10.0. The average Bonchev–Trinajstić information content (AvgIpc) is 2.28. The maximum atomic E-state index is 11.9. The third-order valence-corrected chi connectivity index (χ3v) is 3.16. The van der Waals surface area contributed by atoms with Crippen molar-refractivity contribution < 1.29 is 5.11 Å². The van der Waals surface area contributed by atoms with Crippen LogP contribution in [0.4, 0.5) is 11.5 Å². The number of aliphatic hydroxyl groups excluding tert-OH is 1. The summed E-state index contributed by atoms with van der Waals surface area (Å²) in [4.78, 5) is 27.2. The molecule has 0 aromatic carbocycles. The summed E-state index contributed by atoms with van der Waals surface area (Å²) >= 11 is 0. The van der Waals surface area contributed by atoms with Crippen molar-refractivity contribution in [1.82, 2.24) is 9.55 Å². The molecule has 1 rings (SSSR count). The van der Waals surface area contributed by atoms with Gasteiger partial charge < -0.3 is 15.7 Å². The van der Waals surface area contributed by atoms with Crippen LogP contribution >= 0.6 is 0 Å². The molecule has 102 valence electrons. The summed E-state index contributed by atoms with van der Waals surface area (Å²) in [5.74, 6) is 0.107. The van der Waals surface area contributed by atoms with Crippen molar-refractivity contribution in [2.24, 2.45) is 0 Å². The van der Waals surface area contributed by atoms with Crippen LogP contribution in [0.3, 0.4) is 0 Å². The number of nitrogen functional groups attached to an aromatic ring is 1. The normalized spacial score (nSPS) is 11.6. The molecule has 1 aromatic heterocycles. The number of nitrogens with zero attached hydrogens (tertiary/aromatic N) is 2. The fourth-order valence-corrected chi connectivity index (χ4v) is 1.62. The molecule has 7 nitrogen and oxygen atoms in total. The van der Waals surface area contributed by atoms with Gasteiger partial charge in [0.2, 0.25) is 0 Å². The van der Waals surface area contributed by atoms with Crippen LogP contribution in [0, 0.1) is 0 Å². The van der Waals surface area contributed by atoms with Crippen molar-refractivity contribution in [3.05, 3.63) is 20.8 Å². The zero-order chi connectivity index (χ0) is 14.1. The first-order chi connectivity index (χ1) is 8.26. The number of anilines is 2. The molecule has 0 aliphatic heterocycles. The smallest absolute Gasteiger partial charge is 0.330 e. The van der Waals surface area contributed by atoms with E-state index in [0.29, 0.717) is 6.54 Å². The first kappa shape index (κ1) is 14.3. The Balaban J connectivity index is 3.52. The zero-order valence-corrected chi connectivity index (χ0v) is 11.1. The Kier molecular flexibility index (Phi) is 3.85. The van der Waals surface area contributed by atoms with Crippen LogP contribution in [0.25, 0.3) is 0 Å². The van der Waals surface area contributed by atoms with E-state index in [2.05, 4.69) is 4.98 Å². The van der Waals surface area contributed by atoms with E-state index in [-0.39, 0.29) is 18.1 Å². The van der Waals surface area contributed by atoms with Crippen molar-refractivity contribution in [3.63, 3.8) is 0 Å². The number of hydrogen-bond acceptors (Lipinski definition) is 5. The number of aromatic nitrogens is 2. The molecule has 0 saturated heterocycles. The third kappa shape index (κ3) is 2.26. The van der Waals surface area contributed by atoms with E-state index in [0.717, 1.165) is 0 Å². The van der Waals surface area contributed by atoms with E-state index in [9.17, 15) is 14.7 Å². The number of nitrogens with one attached hydrogen (secondary N) is 1. The van der Waals surface area contributed by atoms with E-state index in [1.165, 1.54) is 4.57 Å². The topological polar surface area (TPSA) is 104 Å². The van der Waals surface area contributed by atoms with Gasteiger partial charge in [-0.2, -0.15) is 0 Å². The number of aromatic amines is 1. The molecule has 0 amide bonds. The summed E-state index contributed by atoms with van der Waals surface area (Å²) < 4.78 is 1.28. The molecule has 0 aliphatic rings. The minimum absolute atomic E-state index is 0.107. The van der Waals surface area contributed by atoms with Crippen LogP contribution in [0.1, 0.15) is 20.8 Å². The summed E-state index contributed by atoms with van der Waals surface area (Å²) in [6.45, 7) is 5.52. The molecule has 0 bridgehead atoms. The average molecular weight is 256 g/mol. The molecule has 4 N–H and O–H groups in total. The zero-order valence-electron chi connectivity index (χ0n) is 11.1. The van der Waals surface area contributed by atoms with Gasteiger partial charge in [0.05, 0.1) is 12.1 Å². The second kappa shape index (κ2) is 4.85. The minimum atomic E-state index is -0.656. The lowest BCUT2D eigenvalue weighted by molar-refractivity contribution is 0.216. The number of hydrogen-bond donors (Lipinski definition) is 3. The van der Waals surface area contributed by atoms with Gasteiger partial charge in [-0.25, -0.2) is 4.79 Å². The number of rotatable bonds is 4. The Morgan fingerprint density at radius 1 is 1.44 bits per heavy atom. The Labute approximate surface area is 105 Å².